The van der Waals surface area contributed by atoms with Gasteiger partial charge in [0.15, 0.2) is 0 Å². The standard InChI is InChI=1S/C19H18FN3O2/c20-14-4-1-3-13(11-14)12-23-16-6-2-5-15(17(16)18(24)19(23)25)22-9-7-21-8-10-22/h1-6,11,21H,7-10,12H2. The molecule has 0 saturated carbocycles. The molecule has 25 heavy (non-hydrogen) atoms. The first kappa shape index (κ1) is 15.8. The van der Waals surface area contributed by atoms with E-state index in [0.29, 0.717) is 16.8 Å². The number of halogens is 1. The first-order chi connectivity index (χ1) is 12.1. The fourth-order valence-electron chi connectivity index (χ4n) is 3.47. The van der Waals surface area contributed by atoms with Gasteiger partial charge in [-0.15, -0.1) is 0 Å². The molecule has 2 heterocycles. The lowest BCUT2D eigenvalue weighted by molar-refractivity contribution is -0.114. The second-order valence-corrected chi connectivity index (χ2v) is 6.26. The largest absolute Gasteiger partial charge is 0.368 e. The lowest BCUT2D eigenvalue weighted by atomic mass is 10.1. The van der Waals surface area contributed by atoms with Gasteiger partial charge in [-0.05, 0) is 29.8 Å². The van der Waals surface area contributed by atoms with Gasteiger partial charge in [-0.25, -0.2) is 4.39 Å². The van der Waals surface area contributed by atoms with E-state index in [1.165, 1.54) is 17.0 Å². The quantitative estimate of drug-likeness (QED) is 0.869. The summed E-state index contributed by atoms with van der Waals surface area (Å²) in [7, 11) is 0. The maximum Gasteiger partial charge on any atom is 0.299 e. The highest BCUT2D eigenvalue weighted by molar-refractivity contribution is 6.53. The number of carbonyl (C=O) groups excluding carboxylic acids is 2. The number of fused-ring (bicyclic) bond motifs is 1. The molecule has 0 atom stereocenters. The van der Waals surface area contributed by atoms with Crippen molar-refractivity contribution >= 4 is 23.1 Å². The molecule has 128 valence electrons. The van der Waals surface area contributed by atoms with Crippen LogP contribution >= 0.6 is 0 Å². The van der Waals surface area contributed by atoms with Crippen molar-refractivity contribution < 1.29 is 14.0 Å². The Bertz CT molecular complexity index is 846. The Hall–Kier alpha value is -2.73. The predicted molar refractivity (Wildman–Crippen MR) is 93.4 cm³/mol. The van der Waals surface area contributed by atoms with Gasteiger partial charge in [0.1, 0.15) is 5.82 Å². The van der Waals surface area contributed by atoms with Crippen LogP contribution < -0.4 is 15.1 Å². The average molecular weight is 339 g/mol. The van der Waals surface area contributed by atoms with Crippen LogP contribution in [0, 0.1) is 5.82 Å². The minimum absolute atomic E-state index is 0.181. The Morgan fingerprint density at radius 3 is 2.48 bits per heavy atom. The molecule has 0 aliphatic carbocycles. The molecule has 1 N–H and O–H groups in total. The van der Waals surface area contributed by atoms with Crippen molar-refractivity contribution in [1.29, 1.82) is 0 Å². The summed E-state index contributed by atoms with van der Waals surface area (Å²) >= 11 is 0. The topological polar surface area (TPSA) is 52.7 Å². The zero-order chi connectivity index (χ0) is 17.4. The minimum Gasteiger partial charge on any atom is -0.368 e. The van der Waals surface area contributed by atoms with Crippen molar-refractivity contribution in [3.8, 4) is 0 Å². The third kappa shape index (κ3) is 2.78. The molecule has 0 unspecified atom stereocenters. The molecular weight excluding hydrogens is 321 g/mol. The number of hydrogen-bond donors (Lipinski definition) is 1. The molecule has 0 radical (unpaired) electrons. The average Bonchev–Trinajstić information content (AvgIpc) is 2.88. The van der Waals surface area contributed by atoms with Gasteiger partial charge in [0.25, 0.3) is 11.7 Å². The fourth-order valence-corrected chi connectivity index (χ4v) is 3.47. The van der Waals surface area contributed by atoms with Gasteiger partial charge in [-0.2, -0.15) is 0 Å². The molecule has 2 aromatic carbocycles. The highest BCUT2D eigenvalue weighted by Gasteiger charge is 2.38. The third-order valence-corrected chi connectivity index (χ3v) is 4.67. The van der Waals surface area contributed by atoms with Crippen LogP contribution in [-0.4, -0.2) is 37.9 Å². The molecule has 0 bridgehead atoms. The summed E-state index contributed by atoms with van der Waals surface area (Å²) in [5.41, 5.74) is 2.53. The fraction of sp³-hybridized carbons (Fsp3) is 0.263. The molecule has 0 spiro atoms. The molecule has 2 aromatic rings. The number of carbonyl (C=O) groups is 2. The number of nitrogens with zero attached hydrogens (tertiary/aromatic N) is 2. The third-order valence-electron chi connectivity index (χ3n) is 4.67. The van der Waals surface area contributed by atoms with E-state index in [1.807, 2.05) is 12.1 Å². The molecule has 1 amide bonds. The molecule has 5 nitrogen and oxygen atoms in total. The molecule has 1 saturated heterocycles. The van der Waals surface area contributed by atoms with Crippen molar-refractivity contribution in [2.24, 2.45) is 0 Å². The Balaban J connectivity index is 1.71. The van der Waals surface area contributed by atoms with Gasteiger partial charge in [0.2, 0.25) is 0 Å². The van der Waals surface area contributed by atoms with E-state index < -0.39 is 11.7 Å². The maximum absolute atomic E-state index is 13.4. The number of anilines is 2. The second-order valence-electron chi connectivity index (χ2n) is 6.26. The van der Waals surface area contributed by atoms with Gasteiger partial charge in [0.05, 0.1) is 23.5 Å². The normalized spacial score (nSPS) is 17.2. The Kier molecular flexibility index (Phi) is 3.97. The second kappa shape index (κ2) is 6.29. The number of rotatable bonds is 3. The van der Waals surface area contributed by atoms with Crippen LogP contribution in [0.5, 0.6) is 0 Å². The Morgan fingerprint density at radius 1 is 1.00 bits per heavy atom. The summed E-state index contributed by atoms with van der Waals surface area (Å²) in [5.74, 6) is -1.40. The van der Waals surface area contributed by atoms with Gasteiger partial charge in [-0.3, -0.25) is 9.59 Å². The molecule has 6 heteroatoms. The van der Waals surface area contributed by atoms with Crippen molar-refractivity contribution in [3.05, 3.63) is 59.4 Å². The maximum atomic E-state index is 13.4. The van der Waals surface area contributed by atoms with Crippen LogP contribution in [0.15, 0.2) is 42.5 Å². The highest BCUT2D eigenvalue weighted by Crippen LogP contribution is 2.37. The number of piperazine rings is 1. The number of nitrogens with one attached hydrogen (secondary N) is 1. The number of hydrogen-bond acceptors (Lipinski definition) is 4. The number of amides is 1. The molecule has 1 fully saturated rings. The van der Waals surface area contributed by atoms with E-state index >= 15 is 0 Å². The van der Waals surface area contributed by atoms with Gasteiger partial charge in [-0.1, -0.05) is 18.2 Å². The van der Waals surface area contributed by atoms with Crippen molar-refractivity contribution in [1.82, 2.24) is 5.32 Å². The van der Waals surface area contributed by atoms with E-state index in [1.54, 1.807) is 18.2 Å². The number of Topliss-reactive ketones (excluding diaryl/α,β-unsaturated/α-hetero) is 1. The predicted octanol–water partition coefficient (Wildman–Crippen LogP) is 1.96. The van der Waals surface area contributed by atoms with Gasteiger partial charge >= 0.3 is 0 Å². The van der Waals surface area contributed by atoms with Crippen LogP contribution in [0.4, 0.5) is 15.8 Å². The van der Waals surface area contributed by atoms with Crippen LogP contribution in [0.3, 0.4) is 0 Å². The van der Waals surface area contributed by atoms with E-state index in [-0.39, 0.29) is 12.4 Å². The lowest BCUT2D eigenvalue weighted by Gasteiger charge is -2.30. The van der Waals surface area contributed by atoms with Crippen LogP contribution in [0.25, 0.3) is 0 Å². The molecule has 4 rings (SSSR count). The summed E-state index contributed by atoms with van der Waals surface area (Å²) in [5, 5.41) is 3.28. The highest BCUT2D eigenvalue weighted by atomic mass is 19.1. The number of ketones is 1. The van der Waals surface area contributed by atoms with Crippen molar-refractivity contribution in [2.75, 3.05) is 36.0 Å². The summed E-state index contributed by atoms with van der Waals surface area (Å²) in [6.45, 7) is 3.46. The van der Waals surface area contributed by atoms with Crippen LogP contribution in [0.2, 0.25) is 0 Å². The minimum atomic E-state index is -0.554. The smallest absolute Gasteiger partial charge is 0.299 e. The summed E-state index contributed by atoms with van der Waals surface area (Å²) < 4.78 is 13.4. The molecular formula is C19H18FN3O2. The monoisotopic (exact) mass is 339 g/mol. The van der Waals surface area contributed by atoms with E-state index in [0.717, 1.165) is 31.9 Å². The summed E-state index contributed by atoms with van der Waals surface area (Å²) in [6, 6.07) is 11.6. The van der Waals surface area contributed by atoms with E-state index in [2.05, 4.69) is 10.2 Å². The summed E-state index contributed by atoms with van der Waals surface area (Å²) in [6.07, 6.45) is 0. The first-order valence-corrected chi connectivity index (χ1v) is 8.34. The Morgan fingerprint density at radius 2 is 1.72 bits per heavy atom. The van der Waals surface area contributed by atoms with Gasteiger partial charge < -0.3 is 15.1 Å². The number of benzene rings is 2. The van der Waals surface area contributed by atoms with Gasteiger partial charge in [0, 0.05) is 26.2 Å². The zero-order valence-electron chi connectivity index (χ0n) is 13.7. The summed E-state index contributed by atoms with van der Waals surface area (Å²) in [4.78, 5) is 28.7. The lowest BCUT2D eigenvalue weighted by Crippen LogP contribution is -2.44. The van der Waals surface area contributed by atoms with E-state index in [4.69, 9.17) is 0 Å². The first-order valence-electron chi connectivity index (χ1n) is 8.34. The van der Waals surface area contributed by atoms with Crippen LogP contribution in [0.1, 0.15) is 15.9 Å². The molecule has 0 aromatic heterocycles. The van der Waals surface area contributed by atoms with E-state index in [9.17, 15) is 14.0 Å². The van der Waals surface area contributed by atoms with Crippen LogP contribution in [-0.2, 0) is 11.3 Å². The SMILES string of the molecule is O=C1C(=O)N(Cc2cccc(F)c2)c2cccc(N3CCNCC3)c21. The Labute approximate surface area is 145 Å². The molecule has 2 aliphatic rings. The molecule has 2 aliphatic heterocycles. The van der Waals surface area contributed by atoms with Crippen molar-refractivity contribution in [3.63, 3.8) is 0 Å². The van der Waals surface area contributed by atoms with Crippen molar-refractivity contribution in [2.45, 2.75) is 6.54 Å². The zero-order valence-corrected chi connectivity index (χ0v) is 13.7.